The van der Waals surface area contributed by atoms with Crippen LogP contribution in [0.2, 0.25) is 0 Å². The van der Waals surface area contributed by atoms with Gasteiger partial charge in [-0.1, -0.05) is 18.2 Å². The van der Waals surface area contributed by atoms with Crippen LogP contribution in [0.5, 0.6) is 5.88 Å². The van der Waals surface area contributed by atoms with Crippen LogP contribution in [0.4, 0.5) is 11.5 Å². The molecular formula is C12H9N5O3. The van der Waals surface area contributed by atoms with E-state index in [9.17, 15) is 14.8 Å². The van der Waals surface area contributed by atoms with Crippen LogP contribution >= 0.6 is 0 Å². The molecule has 0 unspecified atom stereocenters. The second-order valence-electron chi connectivity index (χ2n) is 4.10. The molecule has 3 aromatic rings. The summed E-state index contributed by atoms with van der Waals surface area (Å²) in [5.41, 5.74) is 5.50. The van der Waals surface area contributed by atoms with Gasteiger partial charge in [0.25, 0.3) is 5.56 Å². The molecule has 0 aliphatic carbocycles. The van der Waals surface area contributed by atoms with Crippen LogP contribution in [-0.2, 0) is 0 Å². The molecule has 0 radical (unpaired) electrons. The Kier molecular flexibility index (Phi) is 2.50. The molecule has 100 valence electrons. The molecule has 8 heteroatoms. The predicted molar refractivity (Wildman–Crippen MR) is 73.2 cm³/mol. The molecule has 8 nitrogen and oxygen atoms in total. The van der Waals surface area contributed by atoms with Gasteiger partial charge in [0.1, 0.15) is 16.7 Å². The molecule has 0 saturated heterocycles. The van der Waals surface area contributed by atoms with E-state index in [0.29, 0.717) is 5.69 Å². The number of hydrogen-bond donors (Lipinski definition) is 3. The van der Waals surface area contributed by atoms with Crippen molar-refractivity contribution < 1.29 is 5.11 Å². The van der Waals surface area contributed by atoms with Crippen LogP contribution in [-0.4, -0.2) is 19.9 Å². The van der Waals surface area contributed by atoms with Gasteiger partial charge in [0.05, 0.1) is 5.69 Å². The lowest BCUT2D eigenvalue weighted by molar-refractivity contribution is 0.454. The number of H-pyrrole nitrogens is 1. The Morgan fingerprint density at radius 3 is 2.65 bits per heavy atom. The van der Waals surface area contributed by atoms with E-state index in [1.165, 1.54) is 4.68 Å². The lowest BCUT2D eigenvalue weighted by atomic mass is 10.2. The van der Waals surface area contributed by atoms with Crippen LogP contribution < -0.4 is 11.3 Å². The van der Waals surface area contributed by atoms with Crippen molar-refractivity contribution in [3.63, 3.8) is 0 Å². The van der Waals surface area contributed by atoms with Crippen LogP contribution in [0, 0.1) is 4.91 Å². The summed E-state index contributed by atoms with van der Waals surface area (Å²) in [5, 5.41) is 16.3. The third-order valence-corrected chi connectivity index (χ3v) is 2.92. The highest BCUT2D eigenvalue weighted by atomic mass is 16.3. The third-order valence-electron chi connectivity index (χ3n) is 2.92. The lowest BCUT2D eigenvalue weighted by Crippen LogP contribution is -2.07. The molecule has 0 amide bonds. The monoisotopic (exact) mass is 271 g/mol. The number of nitrogen functional groups attached to an aromatic ring is 1. The van der Waals surface area contributed by atoms with Gasteiger partial charge in [0.2, 0.25) is 5.88 Å². The van der Waals surface area contributed by atoms with E-state index in [0.717, 1.165) is 0 Å². The molecule has 0 aliphatic rings. The number of anilines is 1. The lowest BCUT2D eigenvalue weighted by Gasteiger charge is -2.02. The maximum Gasteiger partial charge on any atom is 0.264 e. The molecule has 4 N–H and O–H groups in total. The number of para-hydroxylation sites is 1. The summed E-state index contributed by atoms with van der Waals surface area (Å²) in [5.74, 6) is -0.562. The van der Waals surface area contributed by atoms with Gasteiger partial charge in [-0.2, -0.15) is 5.10 Å². The molecule has 2 aromatic heterocycles. The Morgan fingerprint density at radius 1 is 1.30 bits per heavy atom. The van der Waals surface area contributed by atoms with Gasteiger partial charge in [-0.25, -0.2) is 4.68 Å². The molecule has 0 bridgehead atoms. The summed E-state index contributed by atoms with van der Waals surface area (Å²) in [6.07, 6.45) is 0. The summed E-state index contributed by atoms with van der Waals surface area (Å²) < 4.78 is 1.31. The van der Waals surface area contributed by atoms with Crippen LogP contribution in [0.3, 0.4) is 0 Å². The van der Waals surface area contributed by atoms with E-state index in [1.54, 1.807) is 24.3 Å². The van der Waals surface area contributed by atoms with E-state index in [1.807, 2.05) is 6.07 Å². The first-order chi connectivity index (χ1) is 9.63. The second-order valence-corrected chi connectivity index (χ2v) is 4.10. The number of nitrogens with zero attached hydrogens (tertiary/aromatic N) is 3. The normalized spacial score (nSPS) is 10.8. The first-order valence-corrected chi connectivity index (χ1v) is 5.65. The van der Waals surface area contributed by atoms with E-state index >= 15 is 0 Å². The van der Waals surface area contributed by atoms with Crippen molar-refractivity contribution in [3.05, 3.63) is 45.6 Å². The van der Waals surface area contributed by atoms with Gasteiger partial charge in [0.15, 0.2) is 5.69 Å². The molecule has 0 fully saturated rings. The summed E-state index contributed by atoms with van der Waals surface area (Å²) in [7, 11) is 0. The Morgan fingerprint density at radius 2 is 2.00 bits per heavy atom. The number of nitrogens with one attached hydrogen (secondary N) is 1. The minimum Gasteiger partial charge on any atom is -0.493 e. The number of aromatic amines is 1. The Labute approximate surface area is 111 Å². The minimum atomic E-state index is -0.635. The molecule has 3 rings (SSSR count). The number of aromatic nitrogens is 3. The topological polar surface area (TPSA) is 126 Å². The van der Waals surface area contributed by atoms with E-state index in [2.05, 4.69) is 15.3 Å². The van der Waals surface area contributed by atoms with Crippen LogP contribution in [0.15, 0.2) is 40.3 Å². The van der Waals surface area contributed by atoms with Crippen molar-refractivity contribution in [2.75, 3.05) is 5.73 Å². The fourth-order valence-corrected chi connectivity index (χ4v) is 2.01. The van der Waals surface area contributed by atoms with Crippen molar-refractivity contribution in [3.8, 4) is 11.6 Å². The highest BCUT2D eigenvalue weighted by molar-refractivity contribution is 5.97. The summed E-state index contributed by atoms with van der Waals surface area (Å²) >= 11 is 0. The smallest absolute Gasteiger partial charge is 0.264 e. The number of benzene rings is 1. The predicted octanol–water partition coefficient (Wildman–Crippen LogP) is 1.40. The fraction of sp³-hybridized carbons (Fsp3) is 0. The Hall–Kier alpha value is -3.16. The number of rotatable bonds is 2. The zero-order valence-corrected chi connectivity index (χ0v) is 10.1. The van der Waals surface area contributed by atoms with Gasteiger partial charge >= 0.3 is 0 Å². The third kappa shape index (κ3) is 1.55. The average Bonchev–Trinajstić information content (AvgIpc) is 2.78. The van der Waals surface area contributed by atoms with Crippen LogP contribution in [0.1, 0.15) is 0 Å². The minimum absolute atomic E-state index is 0.0150. The molecule has 0 atom stereocenters. The van der Waals surface area contributed by atoms with Gasteiger partial charge in [-0.05, 0) is 17.3 Å². The SMILES string of the molecule is Nc1c2c(=O)[nH]c(O)c(N=O)c2nn1-c1ccccc1. The van der Waals surface area contributed by atoms with Crippen molar-refractivity contribution in [1.82, 2.24) is 14.8 Å². The number of fused-ring (bicyclic) bond motifs is 1. The van der Waals surface area contributed by atoms with E-state index < -0.39 is 11.4 Å². The number of aromatic hydroxyl groups is 1. The van der Waals surface area contributed by atoms with Gasteiger partial charge in [-0.15, -0.1) is 4.91 Å². The molecule has 2 heterocycles. The molecule has 0 spiro atoms. The molecular weight excluding hydrogens is 262 g/mol. The number of nitroso groups, excluding NO2 is 1. The summed E-state index contributed by atoms with van der Waals surface area (Å²) in [4.78, 5) is 24.7. The maximum absolute atomic E-state index is 11.8. The van der Waals surface area contributed by atoms with Crippen molar-refractivity contribution in [2.24, 2.45) is 5.18 Å². The molecule has 0 saturated carbocycles. The molecule has 0 aliphatic heterocycles. The summed E-state index contributed by atoms with van der Waals surface area (Å²) in [6.45, 7) is 0. The first kappa shape index (κ1) is 11.9. The fourth-order valence-electron chi connectivity index (χ4n) is 2.01. The van der Waals surface area contributed by atoms with Gasteiger partial charge < -0.3 is 10.8 Å². The van der Waals surface area contributed by atoms with Crippen molar-refractivity contribution >= 4 is 22.4 Å². The zero-order valence-electron chi connectivity index (χ0n) is 10.1. The first-order valence-electron chi connectivity index (χ1n) is 5.65. The Balaban J connectivity index is 2.44. The second kappa shape index (κ2) is 4.19. The highest BCUT2D eigenvalue weighted by Gasteiger charge is 2.20. The standard InChI is InChI=1S/C12H9N5O3/c13-10-7-8(9(16-20)12(19)14-11(7)18)15-17(10)6-4-2-1-3-5-6/h1-5,19H,13H2,(H,14,18). The number of pyridine rings is 1. The quantitative estimate of drug-likeness (QED) is 0.607. The average molecular weight is 271 g/mol. The van der Waals surface area contributed by atoms with Gasteiger partial charge in [0, 0.05) is 0 Å². The Bertz CT molecular complexity index is 866. The van der Waals surface area contributed by atoms with Gasteiger partial charge in [-0.3, -0.25) is 9.78 Å². The maximum atomic E-state index is 11.8. The zero-order chi connectivity index (χ0) is 14.3. The molecule has 20 heavy (non-hydrogen) atoms. The van der Waals surface area contributed by atoms with Crippen molar-refractivity contribution in [2.45, 2.75) is 0 Å². The summed E-state index contributed by atoms with van der Waals surface area (Å²) in [6, 6.07) is 8.86. The van der Waals surface area contributed by atoms with E-state index in [4.69, 9.17) is 5.73 Å². The van der Waals surface area contributed by atoms with Crippen molar-refractivity contribution in [1.29, 1.82) is 0 Å². The van der Waals surface area contributed by atoms with Crippen LogP contribution in [0.25, 0.3) is 16.6 Å². The number of nitrogens with two attached hydrogens (primary N) is 1. The highest BCUT2D eigenvalue weighted by Crippen LogP contribution is 2.33. The largest absolute Gasteiger partial charge is 0.493 e. The van der Waals surface area contributed by atoms with E-state index in [-0.39, 0.29) is 22.4 Å². The molecule has 1 aromatic carbocycles. The number of hydrogen-bond acceptors (Lipinski definition) is 6.